The van der Waals surface area contributed by atoms with Crippen molar-refractivity contribution in [2.75, 3.05) is 21.1 Å². The molecule has 3 amide bonds. The van der Waals surface area contributed by atoms with Gasteiger partial charge in [-0.3, -0.25) is 14.6 Å². The Morgan fingerprint density at radius 1 is 1.33 bits per heavy atom. The number of carbonyl (C=O) groups is 2. The van der Waals surface area contributed by atoms with Crippen molar-refractivity contribution >= 4 is 38.4 Å². The highest BCUT2D eigenvalue weighted by Gasteiger charge is 2.51. The van der Waals surface area contributed by atoms with Gasteiger partial charge < -0.3 is 0 Å². The van der Waals surface area contributed by atoms with Crippen molar-refractivity contribution in [1.29, 1.82) is 0 Å². The number of amides is 3. The fourth-order valence-electron chi connectivity index (χ4n) is 1.65. The summed E-state index contributed by atoms with van der Waals surface area (Å²) in [5.74, 6) is 0.214. The second-order valence-corrected chi connectivity index (χ2v) is 4.20. The first-order valence-corrected chi connectivity index (χ1v) is 5.13. The number of amidine groups is 2. The number of urea groups is 1. The summed E-state index contributed by atoms with van der Waals surface area (Å²) < 4.78 is 2.25. The van der Waals surface area contributed by atoms with E-state index in [2.05, 4.69) is 20.9 Å². The van der Waals surface area contributed by atoms with Gasteiger partial charge in [-0.15, -0.1) is 0 Å². The lowest BCUT2D eigenvalue weighted by atomic mass is 10.2. The molecular weight excluding hydrogens is 264 g/mol. The molecule has 2 rings (SSSR count). The summed E-state index contributed by atoms with van der Waals surface area (Å²) in [7, 11) is 4.83. The van der Waals surface area contributed by atoms with Crippen molar-refractivity contribution in [2.24, 2.45) is 4.99 Å². The van der Waals surface area contributed by atoms with E-state index in [1.807, 2.05) is 0 Å². The minimum Gasteiger partial charge on any atom is -0.269 e. The molecule has 0 saturated carbocycles. The van der Waals surface area contributed by atoms with Gasteiger partial charge in [0.1, 0.15) is 0 Å². The van der Waals surface area contributed by atoms with Crippen LogP contribution in [0.1, 0.15) is 0 Å². The second kappa shape index (κ2) is 3.13. The van der Waals surface area contributed by atoms with Gasteiger partial charge in [-0.2, -0.15) is 0 Å². The Kier molecular flexibility index (Phi) is 2.14. The molecule has 0 aliphatic carbocycles. The van der Waals surface area contributed by atoms with Crippen LogP contribution in [0.15, 0.2) is 4.99 Å². The van der Waals surface area contributed by atoms with Crippen LogP contribution in [0.25, 0.3) is 0 Å². The van der Waals surface area contributed by atoms with E-state index in [0.29, 0.717) is 10.6 Å². The van der Waals surface area contributed by atoms with E-state index in [4.69, 9.17) is 0 Å². The standard InChI is InChI=1S/C8H10BrN4O2/c1-11-4-5(10-7(11)9)12(2)8(15)13(3)6(4)14/h4H,1-3H3/q+1. The smallest absolute Gasteiger partial charge is 0.269 e. The number of hydrogen-bond donors (Lipinski definition) is 0. The normalized spacial score (nSPS) is 26.1. The molecule has 7 heteroatoms. The monoisotopic (exact) mass is 273 g/mol. The zero-order valence-electron chi connectivity index (χ0n) is 8.56. The third kappa shape index (κ3) is 1.22. The van der Waals surface area contributed by atoms with E-state index < -0.39 is 6.04 Å². The lowest BCUT2D eigenvalue weighted by Gasteiger charge is -2.29. The number of fused-ring (bicyclic) bond motifs is 1. The largest absolute Gasteiger partial charge is 0.364 e. The summed E-state index contributed by atoms with van der Waals surface area (Å²) in [5.41, 5.74) is 0. The van der Waals surface area contributed by atoms with Crippen molar-refractivity contribution < 1.29 is 14.2 Å². The number of rotatable bonds is 0. The first kappa shape index (κ1) is 10.3. The van der Waals surface area contributed by atoms with Crippen LogP contribution < -0.4 is 0 Å². The van der Waals surface area contributed by atoms with Crippen LogP contribution in [0, 0.1) is 0 Å². The number of imide groups is 1. The SMILES string of the molecule is CN1C(=O)C2C(=NC(Br)=[N+]2C)N(C)C1=O. The maximum atomic E-state index is 11.8. The van der Waals surface area contributed by atoms with Gasteiger partial charge in [0, 0.05) is 14.1 Å². The molecule has 2 heterocycles. The molecule has 2 aliphatic heterocycles. The average molecular weight is 274 g/mol. The molecule has 0 bridgehead atoms. The highest BCUT2D eigenvalue weighted by atomic mass is 79.9. The Hall–Kier alpha value is -1.24. The molecule has 0 aromatic carbocycles. The first-order chi connectivity index (χ1) is 6.95. The Labute approximate surface area is 95.0 Å². The third-order valence-corrected chi connectivity index (χ3v) is 3.35. The molecule has 0 N–H and O–H groups in total. The molecule has 80 valence electrons. The van der Waals surface area contributed by atoms with Crippen molar-refractivity contribution in [2.45, 2.75) is 6.04 Å². The van der Waals surface area contributed by atoms with E-state index in [1.165, 1.54) is 11.9 Å². The van der Waals surface area contributed by atoms with Crippen molar-refractivity contribution in [1.82, 2.24) is 9.80 Å². The van der Waals surface area contributed by atoms with Gasteiger partial charge in [-0.1, -0.05) is 0 Å². The summed E-state index contributed by atoms with van der Waals surface area (Å²) in [6.45, 7) is 0. The Morgan fingerprint density at radius 3 is 2.53 bits per heavy atom. The number of aliphatic imine (C=N–C) groups is 1. The number of hydrogen-bond acceptors (Lipinski definition) is 3. The van der Waals surface area contributed by atoms with Crippen LogP contribution in [0.5, 0.6) is 0 Å². The quantitative estimate of drug-likeness (QED) is 0.449. The molecule has 2 aliphatic rings. The van der Waals surface area contributed by atoms with Crippen molar-refractivity contribution in [3.8, 4) is 0 Å². The number of nitrogens with zero attached hydrogens (tertiary/aromatic N) is 4. The number of halogens is 1. The third-order valence-electron chi connectivity index (χ3n) is 2.61. The van der Waals surface area contributed by atoms with Crippen LogP contribution in [0.2, 0.25) is 0 Å². The van der Waals surface area contributed by atoms with Crippen molar-refractivity contribution in [3.63, 3.8) is 0 Å². The van der Waals surface area contributed by atoms with Gasteiger partial charge in [0.2, 0.25) is 0 Å². The van der Waals surface area contributed by atoms with Gasteiger partial charge in [-0.05, 0) is 4.99 Å². The summed E-state index contributed by atoms with van der Waals surface area (Å²) in [6.07, 6.45) is 0. The van der Waals surface area contributed by atoms with Crippen LogP contribution in [-0.4, -0.2) is 64.1 Å². The van der Waals surface area contributed by atoms with E-state index >= 15 is 0 Å². The van der Waals surface area contributed by atoms with Gasteiger partial charge in [0.25, 0.3) is 17.8 Å². The van der Waals surface area contributed by atoms with Crippen molar-refractivity contribution in [3.05, 3.63) is 0 Å². The lowest BCUT2D eigenvalue weighted by molar-refractivity contribution is -0.502. The minimum atomic E-state index is -0.493. The van der Waals surface area contributed by atoms with E-state index in [1.54, 1.807) is 18.7 Å². The molecule has 1 unspecified atom stereocenters. The highest BCUT2D eigenvalue weighted by molar-refractivity contribution is 9.18. The molecule has 1 atom stereocenters. The zero-order chi connectivity index (χ0) is 11.3. The summed E-state index contributed by atoms with van der Waals surface area (Å²) in [4.78, 5) is 30.1. The minimum absolute atomic E-state index is 0.256. The molecule has 0 spiro atoms. The Morgan fingerprint density at radius 2 is 1.93 bits per heavy atom. The molecular formula is C8H10BrN4O2+. The molecule has 0 aromatic heterocycles. The Bertz CT molecular complexity index is 428. The molecule has 1 saturated heterocycles. The van der Waals surface area contributed by atoms with Gasteiger partial charge >= 0.3 is 10.8 Å². The summed E-state index contributed by atoms with van der Waals surface area (Å²) >= 11 is 3.24. The van der Waals surface area contributed by atoms with E-state index in [-0.39, 0.29) is 11.9 Å². The predicted octanol–water partition coefficient (Wildman–Crippen LogP) is -0.316. The Balaban J connectivity index is 2.49. The maximum absolute atomic E-state index is 11.8. The maximum Gasteiger partial charge on any atom is 0.364 e. The van der Waals surface area contributed by atoms with Crippen LogP contribution in [0.3, 0.4) is 0 Å². The molecule has 1 fully saturated rings. The van der Waals surface area contributed by atoms with Gasteiger partial charge in [-0.25, -0.2) is 9.37 Å². The second-order valence-electron chi connectivity index (χ2n) is 3.49. The molecule has 0 aromatic rings. The lowest BCUT2D eigenvalue weighted by Crippen LogP contribution is -2.61. The molecule has 0 radical (unpaired) electrons. The topological polar surface area (TPSA) is 56.0 Å². The highest BCUT2D eigenvalue weighted by Crippen LogP contribution is 2.18. The number of likely N-dealkylation sites (N-methyl/N-ethyl adjacent to an activating group) is 3. The van der Waals surface area contributed by atoms with Gasteiger partial charge in [0.05, 0.1) is 23.0 Å². The summed E-state index contributed by atoms with van der Waals surface area (Å²) in [6, 6.07) is -0.849. The average Bonchev–Trinajstić information content (AvgIpc) is 2.50. The van der Waals surface area contributed by atoms with E-state index in [9.17, 15) is 9.59 Å². The number of carbonyl (C=O) groups excluding carboxylic acids is 2. The fraction of sp³-hybridized carbons (Fsp3) is 0.500. The van der Waals surface area contributed by atoms with E-state index in [0.717, 1.165) is 4.90 Å². The molecule has 15 heavy (non-hydrogen) atoms. The van der Waals surface area contributed by atoms with Crippen LogP contribution in [-0.2, 0) is 4.79 Å². The first-order valence-electron chi connectivity index (χ1n) is 4.34. The van der Waals surface area contributed by atoms with Crippen LogP contribution >= 0.6 is 15.9 Å². The zero-order valence-corrected chi connectivity index (χ0v) is 10.1. The molecule has 6 nitrogen and oxygen atoms in total. The summed E-state index contributed by atoms with van der Waals surface area (Å²) in [5, 5.41) is 0. The predicted molar refractivity (Wildman–Crippen MR) is 57.3 cm³/mol. The fourth-order valence-corrected chi connectivity index (χ4v) is 2.04. The van der Waals surface area contributed by atoms with Crippen LogP contribution in [0.4, 0.5) is 4.79 Å². The van der Waals surface area contributed by atoms with Gasteiger partial charge in [0.15, 0.2) is 0 Å².